The first-order chi connectivity index (χ1) is 17.3. The number of H-pyrrole nitrogens is 1. The van der Waals surface area contributed by atoms with Crippen molar-refractivity contribution in [2.24, 2.45) is 0 Å². The highest BCUT2D eigenvalue weighted by Crippen LogP contribution is 2.33. The summed E-state index contributed by atoms with van der Waals surface area (Å²) < 4.78 is 37.3. The van der Waals surface area contributed by atoms with Gasteiger partial charge in [0.25, 0.3) is 0 Å². The molecule has 2 N–H and O–H groups in total. The number of carbonyl (C=O) groups is 1. The van der Waals surface area contributed by atoms with Crippen LogP contribution >= 0.6 is 11.8 Å². The van der Waals surface area contributed by atoms with Crippen LogP contribution < -0.4 is 14.8 Å². The van der Waals surface area contributed by atoms with Crippen LogP contribution in [0.3, 0.4) is 0 Å². The lowest BCUT2D eigenvalue weighted by molar-refractivity contribution is -0.113. The molecule has 1 heterocycles. The molecule has 10 heteroatoms. The van der Waals surface area contributed by atoms with Crippen LogP contribution in [0, 0.1) is 6.92 Å². The van der Waals surface area contributed by atoms with Gasteiger partial charge in [-0.15, -0.1) is 0 Å². The van der Waals surface area contributed by atoms with Crippen molar-refractivity contribution < 1.29 is 22.7 Å². The van der Waals surface area contributed by atoms with Gasteiger partial charge >= 0.3 is 0 Å². The Bertz CT molecular complexity index is 1470. The van der Waals surface area contributed by atoms with Gasteiger partial charge in [-0.1, -0.05) is 59.8 Å². The molecule has 36 heavy (non-hydrogen) atoms. The molecule has 0 bridgehead atoms. The molecule has 1 aromatic heterocycles. The van der Waals surface area contributed by atoms with Crippen molar-refractivity contribution in [1.29, 1.82) is 0 Å². The van der Waals surface area contributed by atoms with E-state index in [0.717, 1.165) is 22.9 Å². The Labute approximate surface area is 214 Å². The molecular formula is C26H25N3O5S2. The predicted molar refractivity (Wildman–Crippen MR) is 140 cm³/mol. The number of hydrogen-bond acceptors (Lipinski definition) is 7. The number of ether oxygens (including phenoxy) is 2. The molecule has 0 aliphatic carbocycles. The first-order valence-corrected chi connectivity index (χ1v) is 13.4. The topological polar surface area (TPSA) is 110 Å². The third-order valence-electron chi connectivity index (χ3n) is 5.31. The SMILES string of the molecule is COc1ccc(NC(=O)CSc2nc(-c3ccc(C)cc3)[nH]c2S(=O)(=O)c2ccccc2)c(OC)c1. The van der Waals surface area contributed by atoms with Gasteiger partial charge in [-0.25, -0.2) is 13.4 Å². The number of anilines is 1. The fraction of sp³-hybridized carbons (Fsp3) is 0.154. The monoisotopic (exact) mass is 523 g/mol. The molecule has 0 aliphatic rings. The Morgan fingerprint density at radius 2 is 1.72 bits per heavy atom. The lowest BCUT2D eigenvalue weighted by Crippen LogP contribution is -2.15. The van der Waals surface area contributed by atoms with E-state index in [-0.39, 0.29) is 26.6 Å². The van der Waals surface area contributed by atoms with E-state index in [1.54, 1.807) is 43.5 Å². The second-order valence-corrected chi connectivity index (χ2v) is 10.7. The van der Waals surface area contributed by atoms with E-state index in [0.29, 0.717) is 23.0 Å². The summed E-state index contributed by atoms with van der Waals surface area (Å²) >= 11 is 1.04. The second-order valence-electron chi connectivity index (χ2n) is 7.81. The van der Waals surface area contributed by atoms with Gasteiger partial charge < -0.3 is 19.8 Å². The van der Waals surface area contributed by atoms with E-state index >= 15 is 0 Å². The zero-order valence-electron chi connectivity index (χ0n) is 19.9. The summed E-state index contributed by atoms with van der Waals surface area (Å²) in [6.07, 6.45) is 0. The number of nitrogens with one attached hydrogen (secondary N) is 2. The Hall–Kier alpha value is -3.76. The number of aryl methyl sites for hydroxylation is 1. The fourth-order valence-corrected chi connectivity index (χ4v) is 5.85. The maximum absolute atomic E-state index is 13.4. The molecule has 186 valence electrons. The van der Waals surface area contributed by atoms with Crippen LogP contribution in [0.25, 0.3) is 11.4 Å². The molecular weight excluding hydrogens is 498 g/mol. The summed E-state index contributed by atoms with van der Waals surface area (Å²) in [6.45, 7) is 1.97. The number of aromatic amines is 1. The maximum Gasteiger partial charge on any atom is 0.234 e. The van der Waals surface area contributed by atoms with Crippen molar-refractivity contribution in [1.82, 2.24) is 9.97 Å². The average molecular weight is 524 g/mol. The Morgan fingerprint density at radius 1 is 1.00 bits per heavy atom. The number of sulfone groups is 1. The number of nitrogens with zero attached hydrogens (tertiary/aromatic N) is 1. The highest BCUT2D eigenvalue weighted by molar-refractivity contribution is 8.00. The summed E-state index contributed by atoms with van der Waals surface area (Å²) in [4.78, 5) is 20.4. The quantitative estimate of drug-likeness (QED) is 0.298. The standard InChI is InChI=1S/C26H25N3O5S2/c1-17-9-11-18(12-10-17)24-28-25(26(29-24)36(31,32)20-7-5-4-6-8-20)35-16-23(30)27-21-14-13-19(33-2)15-22(21)34-3/h4-15H,16H2,1-3H3,(H,27,30)(H,28,29). The summed E-state index contributed by atoms with van der Waals surface area (Å²) in [5.41, 5.74) is 2.29. The smallest absolute Gasteiger partial charge is 0.234 e. The normalized spacial score (nSPS) is 11.2. The van der Waals surface area contributed by atoms with Gasteiger partial charge in [0.2, 0.25) is 15.7 Å². The Kier molecular flexibility index (Phi) is 7.66. The molecule has 0 unspecified atom stereocenters. The van der Waals surface area contributed by atoms with Gasteiger partial charge in [-0.05, 0) is 31.2 Å². The van der Waals surface area contributed by atoms with Crippen molar-refractivity contribution in [2.45, 2.75) is 21.9 Å². The Morgan fingerprint density at radius 3 is 2.39 bits per heavy atom. The first-order valence-electron chi connectivity index (χ1n) is 10.9. The lowest BCUT2D eigenvalue weighted by Gasteiger charge is -2.11. The number of hydrogen-bond donors (Lipinski definition) is 2. The van der Waals surface area contributed by atoms with E-state index < -0.39 is 9.84 Å². The van der Waals surface area contributed by atoms with E-state index in [9.17, 15) is 13.2 Å². The number of rotatable bonds is 9. The van der Waals surface area contributed by atoms with E-state index in [4.69, 9.17) is 9.47 Å². The number of methoxy groups -OCH3 is 2. The first kappa shape index (κ1) is 25.3. The van der Waals surface area contributed by atoms with Crippen LogP contribution in [0.15, 0.2) is 87.7 Å². The molecule has 0 radical (unpaired) electrons. The number of amides is 1. The van der Waals surface area contributed by atoms with Crippen LogP contribution in [-0.4, -0.2) is 44.3 Å². The number of thioether (sulfide) groups is 1. The molecule has 0 fully saturated rings. The highest BCUT2D eigenvalue weighted by atomic mass is 32.2. The third-order valence-corrected chi connectivity index (χ3v) is 8.14. The molecule has 3 aromatic carbocycles. The maximum atomic E-state index is 13.4. The Balaban J connectivity index is 1.61. The average Bonchev–Trinajstić information content (AvgIpc) is 3.34. The minimum atomic E-state index is -3.89. The molecule has 0 saturated heterocycles. The zero-order chi connectivity index (χ0) is 25.7. The molecule has 0 spiro atoms. The fourth-order valence-electron chi connectivity index (χ4n) is 3.41. The minimum absolute atomic E-state index is 0.0518. The number of imidazole rings is 1. The third kappa shape index (κ3) is 5.55. The van der Waals surface area contributed by atoms with Crippen LogP contribution in [0.5, 0.6) is 11.5 Å². The predicted octanol–water partition coefficient (Wildman–Crippen LogP) is 4.97. The molecule has 0 saturated carbocycles. The molecule has 4 aromatic rings. The van der Waals surface area contributed by atoms with Gasteiger partial charge in [-0.2, -0.15) is 0 Å². The summed E-state index contributed by atoms with van der Waals surface area (Å²) in [7, 11) is -0.857. The highest BCUT2D eigenvalue weighted by Gasteiger charge is 2.27. The molecule has 4 rings (SSSR count). The van der Waals surface area contributed by atoms with Crippen LogP contribution in [0.4, 0.5) is 5.69 Å². The van der Waals surface area contributed by atoms with Gasteiger partial charge in [0.15, 0.2) is 5.03 Å². The zero-order valence-corrected chi connectivity index (χ0v) is 21.6. The largest absolute Gasteiger partial charge is 0.497 e. The van der Waals surface area contributed by atoms with Gasteiger partial charge in [0.05, 0.1) is 30.6 Å². The van der Waals surface area contributed by atoms with Crippen molar-refractivity contribution in [3.63, 3.8) is 0 Å². The van der Waals surface area contributed by atoms with Crippen molar-refractivity contribution in [3.05, 3.63) is 78.4 Å². The summed E-state index contributed by atoms with van der Waals surface area (Å²) in [5.74, 6) is 1.04. The summed E-state index contributed by atoms with van der Waals surface area (Å²) in [6, 6.07) is 20.7. The van der Waals surface area contributed by atoms with E-state index in [1.807, 2.05) is 31.2 Å². The lowest BCUT2D eigenvalue weighted by atomic mass is 10.1. The van der Waals surface area contributed by atoms with Crippen LogP contribution in [-0.2, 0) is 14.6 Å². The van der Waals surface area contributed by atoms with Gasteiger partial charge in [0, 0.05) is 11.6 Å². The van der Waals surface area contributed by atoms with Gasteiger partial charge in [-0.3, -0.25) is 4.79 Å². The number of aromatic nitrogens is 2. The van der Waals surface area contributed by atoms with E-state index in [1.165, 1.54) is 19.2 Å². The van der Waals surface area contributed by atoms with Crippen LogP contribution in [0.1, 0.15) is 5.56 Å². The second kappa shape index (κ2) is 10.9. The molecule has 8 nitrogen and oxygen atoms in total. The van der Waals surface area contributed by atoms with Gasteiger partial charge in [0.1, 0.15) is 22.3 Å². The van der Waals surface area contributed by atoms with Crippen molar-refractivity contribution in [3.8, 4) is 22.9 Å². The number of carbonyl (C=O) groups excluding carboxylic acids is 1. The molecule has 0 aliphatic heterocycles. The molecule has 0 atom stereocenters. The minimum Gasteiger partial charge on any atom is -0.497 e. The molecule has 1 amide bonds. The van der Waals surface area contributed by atoms with Crippen LogP contribution in [0.2, 0.25) is 0 Å². The van der Waals surface area contributed by atoms with Crippen molar-refractivity contribution >= 4 is 33.2 Å². The van der Waals surface area contributed by atoms with Crippen molar-refractivity contribution in [2.75, 3.05) is 25.3 Å². The summed E-state index contributed by atoms with van der Waals surface area (Å²) in [5, 5.41) is 2.95. The number of benzene rings is 3. The van der Waals surface area contributed by atoms with E-state index in [2.05, 4.69) is 15.3 Å².